The van der Waals surface area contributed by atoms with E-state index >= 15 is 0 Å². The molecular weight excluding hydrogens is 505 g/mol. The molecule has 0 aliphatic carbocycles. The van der Waals surface area contributed by atoms with Crippen molar-refractivity contribution in [1.29, 1.82) is 0 Å². The Bertz CT molecular complexity index is 1550. The fraction of sp³-hybridized carbons (Fsp3) is 0.0800. The molecule has 1 heterocycles. The summed E-state index contributed by atoms with van der Waals surface area (Å²) in [6.07, 6.45) is 0.962. The number of hydrazine groups is 1. The first kappa shape index (κ1) is 24.9. The van der Waals surface area contributed by atoms with Crippen molar-refractivity contribution in [3.05, 3.63) is 127 Å². The highest BCUT2D eigenvalue weighted by Crippen LogP contribution is 2.38. The van der Waals surface area contributed by atoms with E-state index in [2.05, 4.69) is 20.9 Å². The minimum Gasteiger partial charge on any atom is -0.272 e. The summed E-state index contributed by atoms with van der Waals surface area (Å²) < 4.78 is 0.969. The van der Waals surface area contributed by atoms with Gasteiger partial charge in [0.05, 0.1) is 11.1 Å². The van der Waals surface area contributed by atoms with Gasteiger partial charge in [-0.05, 0) is 54.4 Å². The summed E-state index contributed by atoms with van der Waals surface area (Å²) in [5.74, 6) is -1.06. The molecule has 0 spiro atoms. The summed E-state index contributed by atoms with van der Waals surface area (Å²) in [6.45, 7) is 1.64. The highest BCUT2D eigenvalue weighted by atomic mass is 35.5. The Morgan fingerprint density at radius 2 is 1.64 bits per heavy atom. The number of nitrogens with one attached hydrogen (secondary N) is 3. The summed E-state index contributed by atoms with van der Waals surface area (Å²) in [5.41, 5.74) is 3.74. The maximum absolute atomic E-state index is 13.6. The number of hydrogen-bond acceptors (Lipinski definition) is 5. The SMILES string of the molecule is CC(C(=O)NNC(=O)c1ccccc1)(c1ccc(Cl)cc1)c1ccc(-n2ncc(=O)[nH]c2=O)cc1Cl. The van der Waals surface area contributed by atoms with E-state index in [-0.39, 0.29) is 10.7 Å². The van der Waals surface area contributed by atoms with Crippen molar-refractivity contribution in [3.8, 4) is 5.69 Å². The molecule has 1 unspecified atom stereocenters. The van der Waals surface area contributed by atoms with Crippen LogP contribution >= 0.6 is 23.2 Å². The number of benzene rings is 3. The van der Waals surface area contributed by atoms with Gasteiger partial charge in [-0.1, -0.05) is 59.6 Å². The molecule has 4 aromatic rings. The molecule has 1 atom stereocenters. The third-order valence-electron chi connectivity index (χ3n) is 5.65. The van der Waals surface area contributed by atoms with Gasteiger partial charge in [-0.25, -0.2) is 4.79 Å². The number of aromatic nitrogens is 3. The van der Waals surface area contributed by atoms with E-state index in [0.717, 1.165) is 10.9 Å². The molecule has 0 fully saturated rings. The van der Waals surface area contributed by atoms with Crippen LogP contribution in [0.4, 0.5) is 0 Å². The summed E-state index contributed by atoms with van der Waals surface area (Å²) >= 11 is 12.7. The first-order chi connectivity index (χ1) is 17.2. The van der Waals surface area contributed by atoms with Gasteiger partial charge in [-0.3, -0.25) is 30.2 Å². The number of H-pyrrole nitrogens is 1. The van der Waals surface area contributed by atoms with Gasteiger partial charge < -0.3 is 0 Å². The van der Waals surface area contributed by atoms with Gasteiger partial charge in [0.1, 0.15) is 6.20 Å². The number of carbonyl (C=O) groups is 2. The van der Waals surface area contributed by atoms with E-state index in [0.29, 0.717) is 21.7 Å². The first-order valence-electron chi connectivity index (χ1n) is 10.6. The number of carbonyl (C=O) groups excluding carboxylic acids is 2. The fourth-order valence-electron chi connectivity index (χ4n) is 3.67. The highest BCUT2D eigenvalue weighted by molar-refractivity contribution is 6.32. The average molecular weight is 524 g/mol. The lowest BCUT2D eigenvalue weighted by Gasteiger charge is -2.30. The predicted molar refractivity (Wildman–Crippen MR) is 135 cm³/mol. The topological polar surface area (TPSA) is 126 Å². The standard InChI is InChI=1S/C25H19Cl2N5O4/c1-25(16-7-9-17(26)10-8-16,23(35)31-30-22(34)15-5-3-2-4-6-15)19-12-11-18(13-20(19)27)32-24(36)29-21(33)14-28-32/h2-14H,1H3,(H,30,34)(H,31,35)(H,29,33,36). The molecule has 1 aromatic heterocycles. The van der Waals surface area contributed by atoms with Crippen LogP contribution in [0.1, 0.15) is 28.4 Å². The monoisotopic (exact) mass is 523 g/mol. The number of nitrogens with zero attached hydrogens (tertiary/aromatic N) is 2. The van der Waals surface area contributed by atoms with Crippen LogP contribution in [-0.4, -0.2) is 26.6 Å². The van der Waals surface area contributed by atoms with Gasteiger partial charge in [0.15, 0.2) is 0 Å². The van der Waals surface area contributed by atoms with Crippen LogP contribution in [0, 0.1) is 0 Å². The zero-order valence-corrected chi connectivity index (χ0v) is 20.3. The van der Waals surface area contributed by atoms with E-state index < -0.39 is 28.5 Å². The van der Waals surface area contributed by atoms with Crippen LogP contribution in [-0.2, 0) is 10.2 Å². The summed E-state index contributed by atoms with van der Waals surface area (Å²) in [5, 5.41) is 4.45. The molecule has 36 heavy (non-hydrogen) atoms. The molecule has 0 saturated heterocycles. The lowest BCUT2D eigenvalue weighted by Crippen LogP contribution is -2.51. The van der Waals surface area contributed by atoms with E-state index in [4.69, 9.17) is 23.2 Å². The molecule has 2 amide bonds. The van der Waals surface area contributed by atoms with Crippen molar-refractivity contribution < 1.29 is 9.59 Å². The number of halogens is 2. The molecule has 0 aliphatic rings. The third kappa shape index (κ3) is 4.93. The van der Waals surface area contributed by atoms with Crippen LogP contribution < -0.4 is 22.1 Å². The Kier molecular flexibility index (Phi) is 7.05. The van der Waals surface area contributed by atoms with E-state index in [9.17, 15) is 19.2 Å². The fourth-order valence-corrected chi connectivity index (χ4v) is 4.16. The highest BCUT2D eigenvalue weighted by Gasteiger charge is 2.39. The van der Waals surface area contributed by atoms with Crippen molar-refractivity contribution in [2.75, 3.05) is 0 Å². The second-order valence-corrected chi connectivity index (χ2v) is 8.76. The average Bonchev–Trinajstić information content (AvgIpc) is 2.87. The molecule has 11 heteroatoms. The molecule has 3 N–H and O–H groups in total. The number of rotatable bonds is 5. The predicted octanol–water partition coefficient (Wildman–Crippen LogP) is 2.99. The Morgan fingerprint density at radius 1 is 0.944 bits per heavy atom. The van der Waals surface area contributed by atoms with Gasteiger partial charge >= 0.3 is 5.69 Å². The third-order valence-corrected chi connectivity index (χ3v) is 6.21. The Balaban J connectivity index is 1.73. The van der Waals surface area contributed by atoms with Crippen molar-refractivity contribution >= 4 is 35.0 Å². The molecular formula is C25H19Cl2N5O4. The van der Waals surface area contributed by atoms with Crippen molar-refractivity contribution in [1.82, 2.24) is 25.6 Å². The van der Waals surface area contributed by atoms with Crippen molar-refractivity contribution in [3.63, 3.8) is 0 Å². The number of amides is 2. The molecule has 0 bridgehead atoms. The van der Waals surface area contributed by atoms with Crippen molar-refractivity contribution in [2.45, 2.75) is 12.3 Å². The zero-order valence-electron chi connectivity index (χ0n) is 18.8. The van der Waals surface area contributed by atoms with E-state index in [1.807, 2.05) is 0 Å². The molecule has 0 aliphatic heterocycles. The molecule has 0 saturated carbocycles. The molecule has 3 aromatic carbocycles. The second-order valence-electron chi connectivity index (χ2n) is 7.92. The maximum atomic E-state index is 13.6. The minimum atomic E-state index is -1.38. The van der Waals surface area contributed by atoms with E-state index in [1.54, 1.807) is 67.6 Å². The molecule has 9 nitrogen and oxygen atoms in total. The van der Waals surface area contributed by atoms with Crippen LogP contribution in [0.5, 0.6) is 0 Å². The Morgan fingerprint density at radius 3 is 2.28 bits per heavy atom. The van der Waals surface area contributed by atoms with Crippen LogP contribution in [0.2, 0.25) is 10.0 Å². The lowest BCUT2D eigenvalue weighted by molar-refractivity contribution is -0.125. The quantitative estimate of drug-likeness (QED) is 0.346. The first-order valence-corrected chi connectivity index (χ1v) is 11.4. The van der Waals surface area contributed by atoms with Gasteiger partial charge in [-0.15, -0.1) is 0 Å². The van der Waals surface area contributed by atoms with Crippen LogP contribution in [0.25, 0.3) is 5.69 Å². The number of aromatic amines is 1. The second kappa shape index (κ2) is 10.2. The van der Waals surface area contributed by atoms with Crippen LogP contribution in [0.15, 0.2) is 88.6 Å². The van der Waals surface area contributed by atoms with Crippen LogP contribution in [0.3, 0.4) is 0 Å². The van der Waals surface area contributed by atoms with Gasteiger partial charge in [0.2, 0.25) is 0 Å². The lowest BCUT2D eigenvalue weighted by atomic mass is 9.75. The largest absolute Gasteiger partial charge is 0.349 e. The summed E-state index contributed by atoms with van der Waals surface area (Å²) in [4.78, 5) is 51.7. The molecule has 182 valence electrons. The Hall–Kier alpha value is -4.21. The van der Waals surface area contributed by atoms with Crippen molar-refractivity contribution in [2.24, 2.45) is 0 Å². The summed E-state index contributed by atoms with van der Waals surface area (Å²) in [7, 11) is 0. The van der Waals surface area contributed by atoms with Gasteiger partial charge in [0.25, 0.3) is 17.4 Å². The normalized spacial score (nSPS) is 12.4. The van der Waals surface area contributed by atoms with Gasteiger partial charge in [-0.2, -0.15) is 9.78 Å². The smallest absolute Gasteiger partial charge is 0.272 e. The van der Waals surface area contributed by atoms with E-state index in [1.165, 1.54) is 12.1 Å². The van der Waals surface area contributed by atoms with Gasteiger partial charge in [0, 0.05) is 15.6 Å². The number of hydrogen-bond donors (Lipinski definition) is 3. The minimum absolute atomic E-state index is 0.148. The summed E-state index contributed by atoms with van der Waals surface area (Å²) in [6, 6.07) is 19.6. The zero-order chi connectivity index (χ0) is 25.9. The molecule has 4 rings (SSSR count). The maximum Gasteiger partial charge on any atom is 0.349 e. The Labute approximate surface area is 214 Å². The molecule has 0 radical (unpaired) electrons.